The van der Waals surface area contributed by atoms with Gasteiger partial charge in [-0.1, -0.05) is 12.1 Å². The van der Waals surface area contributed by atoms with Crippen LogP contribution < -0.4 is 5.32 Å². The lowest BCUT2D eigenvalue weighted by Crippen LogP contribution is -2.36. The summed E-state index contributed by atoms with van der Waals surface area (Å²) in [6, 6.07) is 9.68. The molecule has 2 aromatic carbocycles. The first kappa shape index (κ1) is 20.3. The molecule has 11 heteroatoms. The van der Waals surface area contributed by atoms with E-state index in [-0.39, 0.29) is 42.5 Å². The van der Waals surface area contributed by atoms with Crippen molar-refractivity contribution >= 4 is 23.2 Å². The Bertz CT molecular complexity index is 1170. The quantitative estimate of drug-likeness (QED) is 0.676. The van der Waals surface area contributed by atoms with Crippen molar-refractivity contribution in [2.24, 2.45) is 5.10 Å². The van der Waals surface area contributed by atoms with E-state index < -0.39 is 11.7 Å². The minimum atomic E-state index is -0.556. The van der Waals surface area contributed by atoms with Crippen LogP contribution in [0.5, 0.6) is 0 Å². The van der Waals surface area contributed by atoms with Crippen LogP contribution in [-0.2, 0) is 16.1 Å². The van der Waals surface area contributed by atoms with Crippen molar-refractivity contribution in [3.63, 3.8) is 0 Å². The van der Waals surface area contributed by atoms with Gasteiger partial charge in [0, 0.05) is 18.5 Å². The number of tetrazole rings is 1. The van der Waals surface area contributed by atoms with Crippen molar-refractivity contribution in [2.45, 2.75) is 26.3 Å². The third-order valence-electron chi connectivity index (χ3n) is 4.67. The largest absolute Gasteiger partial charge is 0.321 e. The van der Waals surface area contributed by atoms with Gasteiger partial charge in [0.25, 0.3) is 5.91 Å². The summed E-state index contributed by atoms with van der Waals surface area (Å²) >= 11 is 0. The number of nitrogens with zero attached hydrogens (tertiary/aromatic N) is 6. The number of nitrogens with one attached hydrogen (secondary N) is 1. The molecule has 0 aliphatic carbocycles. The summed E-state index contributed by atoms with van der Waals surface area (Å²) in [7, 11) is 0. The highest BCUT2D eigenvalue weighted by Gasteiger charge is 2.25. The second kappa shape index (κ2) is 8.38. The van der Waals surface area contributed by atoms with Crippen molar-refractivity contribution in [3.8, 4) is 5.69 Å². The van der Waals surface area contributed by atoms with Crippen LogP contribution in [0.25, 0.3) is 5.69 Å². The van der Waals surface area contributed by atoms with E-state index in [0.29, 0.717) is 17.1 Å². The summed E-state index contributed by atoms with van der Waals surface area (Å²) < 4.78 is 28.5. The van der Waals surface area contributed by atoms with E-state index in [9.17, 15) is 18.4 Å². The van der Waals surface area contributed by atoms with Crippen molar-refractivity contribution < 1.29 is 18.4 Å². The topological polar surface area (TPSA) is 105 Å². The molecule has 3 aromatic rings. The Morgan fingerprint density at radius 2 is 1.90 bits per heavy atom. The van der Waals surface area contributed by atoms with E-state index in [0.717, 1.165) is 0 Å². The molecule has 2 amide bonds. The Labute approximate surface area is 175 Å². The smallest absolute Gasteiger partial charge is 0.271 e. The van der Waals surface area contributed by atoms with Crippen LogP contribution in [0.4, 0.5) is 14.5 Å². The molecule has 0 spiro atoms. The minimum absolute atomic E-state index is 0.0824. The molecule has 158 valence electrons. The lowest BCUT2D eigenvalue weighted by molar-refractivity contribution is -0.132. The van der Waals surface area contributed by atoms with Gasteiger partial charge in [-0.2, -0.15) is 9.78 Å². The number of halogens is 2. The molecule has 0 fully saturated rings. The molecule has 1 N–H and O–H groups in total. The zero-order valence-corrected chi connectivity index (χ0v) is 16.4. The van der Waals surface area contributed by atoms with E-state index in [2.05, 4.69) is 25.9 Å². The van der Waals surface area contributed by atoms with E-state index in [1.165, 1.54) is 40.0 Å². The molecule has 0 saturated heterocycles. The Hall–Kier alpha value is -4.02. The summed E-state index contributed by atoms with van der Waals surface area (Å²) in [5, 5.41) is 19.0. The van der Waals surface area contributed by atoms with Crippen LogP contribution in [0, 0.1) is 18.6 Å². The van der Waals surface area contributed by atoms with Crippen LogP contribution in [0.1, 0.15) is 24.2 Å². The summed E-state index contributed by atoms with van der Waals surface area (Å²) in [6.45, 7) is 1.74. The third-order valence-corrected chi connectivity index (χ3v) is 4.67. The van der Waals surface area contributed by atoms with Gasteiger partial charge in [-0.05, 0) is 53.2 Å². The van der Waals surface area contributed by atoms with E-state index >= 15 is 0 Å². The average molecular weight is 425 g/mol. The number of hydrogen-bond donors (Lipinski definition) is 1. The lowest BCUT2D eigenvalue weighted by atomic mass is 10.1. The first-order valence-corrected chi connectivity index (χ1v) is 9.39. The monoisotopic (exact) mass is 425 g/mol. The van der Waals surface area contributed by atoms with Gasteiger partial charge in [0.1, 0.15) is 23.0 Å². The summed E-state index contributed by atoms with van der Waals surface area (Å²) in [6.07, 6.45) is 0.288. The molecule has 0 saturated carbocycles. The zero-order valence-electron chi connectivity index (χ0n) is 16.4. The molecule has 2 heterocycles. The molecule has 1 aromatic heterocycles. The molecule has 1 aliphatic heterocycles. The Morgan fingerprint density at radius 1 is 1.13 bits per heavy atom. The van der Waals surface area contributed by atoms with E-state index in [1.807, 2.05) is 0 Å². The second-order valence-electron chi connectivity index (χ2n) is 6.88. The number of amides is 2. The third kappa shape index (κ3) is 4.44. The highest BCUT2D eigenvalue weighted by Crippen LogP contribution is 2.20. The molecule has 0 radical (unpaired) electrons. The molecule has 0 unspecified atom stereocenters. The maximum Gasteiger partial charge on any atom is 0.271 e. The fraction of sp³-hybridized carbons (Fsp3) is 0.200. The highest BCUT2D eigenvalue weighted by atomic mass is 19.1. The number of aryl methyl sites for hydroxylation is 1. The maximum atomic E-state index is 14.2. The first-order valence-electron chi connectivity index (χ1n) is 9.39. The fourth-order valence-corrected chi connectivity index (χ4v) is 3.06. The summed E-state index contributed by atoms with van der Waals surface area (Å²) in [5.74, 6) is -1.30. The van der Waals surface area contributed by atoms with Gasteiger partial charge in [0.05, 0.1) is 6.54 Å². The van der Waals surface area contributed by atoms with Crippen molar-refractivity contribution in [1.82, 2.24) is 25.2 Å². The molecule has 31 heavy (non-hydrogen) atoms. The molecule has 9 nitrogen and oxygen atoms in total. The van der Waals surface area contributed by atoms with Crippen LogP contribution in [-0.4, -0.2) is 42.7 Å². The number of carbonyl (C=O) groups excluding carboxylic acids is 2. The van der Waals surface area contributed by atoms with Gasteiger partial charge < -0.3 is 5.32 Å². The standard InChI is InChI=1S/C20H17F2N7O2/c1-12-24-26-27-29(12)18-10-15(6-7-16(18)22)23-20(31)17-8-9-19(30)28(25-17)11-13-2-4-14(21)5-3-13/h2-7,10H,8-9,11H2,1H3,(H,23,31). The normalized spacial score (nSPS) is 13.8. The maximum absolute atomic E-state index is 14.2. The van der Waals surface area contributed by atoms with Crippen LogP contribution in [0.2, 0.25) is 0 Å². The minimum Gasteiger partial charge on any atom is -0.321 e. The number of rotatable bonds is 5. The van der Waals surface area contributed by atoms with Crippen LogP contribution in [0.3, 0.4) is 0 Å². The molecular formula is C20H17F2N7O2. The predicted molar refractivity (Wildman–Crippen MR) is 106 cm³/mol. The Morgan fingerprint density at radius 3 is 2.61 bits per heavy atom. The number of aromatic nitrogens is 4. The van der Waals surface area contributed by atoms with Crippen LogP contribution in [0.15, 0.2) is 47.6 Å². The average Bonchev–Trinajstić information content (AvgIpc) is 3.18. The van der Waals surface area contributed by atoms with Gasteiger partial charge in [-0.25, -0.2) is 13.8 Å². The Balaban J connectivity index is 1.52. The number of hydrogen-bond acceptors (Lipinski definition) is 6. The summed E-state index contributed by atoms with van der Waals surface area (Å²) in [5.41, 5.74) is 1.24. The van der Waals surface area contributed by atoms with Crippen molar-refractivity contribution in [1.29, 1.82) is 0 Å². The van der Waals surface area contributed by atoms with Crippen molar-refractivity contribution in [3.05, 3.63) is 65.5 Å². The van der Waals surface area contributed by atoms with E-state index in [4.69, 9.17) is 0 Å². The molecule has 0 atom stereocenters. The summed E-state index contributed by atoms with van der Waals surface area (Å²) in [4.78, 5) is 24.9. The molecule has 0 bridgehead atoms. The second-order valence-corrected chi connectivity index (χ2v) is 6.88. The van der Waals surface area contributed by atoms with Crippen LogP contribution >= 0.6 is 0 Å². The molecular weight excluding hydrogens is 408 g/mol. The van der Waals surface area contributed by atoms with Gasteiger partial charge >= 0.3 is 0 Å². The number of hydrazone groups is 1. The first-order chi connectivity index (χ1) is 14.9. The van der Waals surface area contributed by atoms with Gasteiger partial charge in [-0.15, -0.1) is 5.10 Å². The van der Waals surface area contributed by atoms with Crippen molar-refractivity contribution in [2.75, 3.05) is 5.32 Å². The number of benzene rings is 2. The number of anilines is 1. The molecule has 4 rings (SSSR count). The highest BCUT2D eigenvalue weighted by molar-refractivity contribution is 6.43. The zero-order chi connectivity index (χ0) is 22.0. The fourth-order valence-electron chi connectivity index (χ4n) is 3.06. The predicted octanol–water partition coefficient (Wildman–Crippen LogP) is 2.37. The SMILES string of the molecule is Cc1nnnn1-c1cc(NC(=O)C2=NN(Cc3ccc(F)cc3)C(=O)CC2)ccc1F. The van der Waals surface area contributed by atoms with Gasteiger partial charge in [-0.3, -0.25) is 9.59 Å². The van der Waals surface area contributed by atoms with Gasteiger partial charge in [0.2, 0.25) is 5.91 Å². The molecule has 1 aliphatic rings. The Kier molecular flexibility index (Phi) is 5.48. The number of carbonyl (C=O) groups is 2. The lowest BCUT2D eigenvalue weighted by Gasteiger charge is -2.23. The van der Waals surface area contributed by atoms with Gasteiger partial charge in [0.15, 0.2) is 5.82 Å². The van der Waals surface area contributed by atoms with E-state index in [1.54, 1.807) is 19.1 Å².